The number of hydrogen-bond donors (Lipinski definition) is 1. The van der Waals surface area contributed by atoms with E-state index in [1.807, 2.05) is 4.90 Å². The van der Waals surface area contributed by atoms with Crippen molar-refractivity contribution in [2.75, 3.05) is 31.1 Å². The number of carbonyl (C=O) groups is 3. The topological polar surface area (TPSA) is 116 Å². The van der Waals surface area contributed by atoms with Gasteiger partial charge in [-0.15, -0.1) is 0 Å². The first-order chi connectivity index (χ1) is 13.2. The van der Waals surface area contributed by atoms with Crippen LogP contribution < -0.4 is 5.32 Å². The number of hydrogen-bond acceptors (Lipinski definition) is 6. The second-order valence-corrected chi connectivity index (χ2v) is 10.2. The van der Waals surface area contributed by atoms with Gasteiger partial charge in [0.15, 0.2) is 9.84 Å². The molecule has 3 heterocycles. The number of carbonyl (C=O) groups excluding carboxylic acids is 3. The van der Waals surface area contributed by atoms with Crippen molar-refractivity contribution >= 4 is 33.3 Å². The summed E-state index contributed by atoms with van der Waals surface area (Å²) in [5.74, 6) is -0.196. The van der Waals surface area contributed by atoms with Gasteiger partial charge in [-0.1, -0.05) is 6.92 Å². The van der Waals surface area contributed by atoms with Crippen LogP contribution in [0.1, 0.15) is 45.4 Å². The molecule has 10 heteroatoms. The Labute approximate surface area is 165 Å². The normalized spacial score (nSPS) is 27.5. The molecule has 0 aromatic heterocycles. The minimum absolute atomic E-state index is 0.0328. The summed E-state index contributed by atoms with van der Waals surface area (Å²) in [6.45, 7) is 3.88. The van der Waals surface area contributed by atoms with E-state index in [-0.39, 0.29) is 54.8 Å². The molecular weight excluding hydrogens is 384 g/mol. The lowest BCUT2D eigenvalue weighted by Crippen LogP contribution is -2.44. The first-order valence-corrected chi connectivity index (χ1v) is 11.7. The molecule has 9 nitrogen and oxygen atoms in total. The minimum Gasteiger partial charge on any atom is -0.350 e. The Hall–Kier alpha value is -1.97. The van der Waals surface area contributed by atoms with Crippen LogP contribution in [0.5, 0.6) is 0 Å². The number of hydrazone groups is 1. The summed E-state index contributed by atoms with van der Waals surface area (Å²) < 4.78 is 23.3. The number of likely N-dealkylation sites (tertiary alicyclic amines) is 1. The molecule has 2 fully saturated rings. The first-order valence-electron chi connectivity index (χ1n) is 9.91. The van der Waals surface area contributed by atoms with Crippen LogP contribution in [-0.2, 0) is 24.2 Å². The molecule has 3 rings (SSSR count). The third-order valence-corrected chi connectivity index (χ3v) is 7.26. The molecule has 2 atom stereocenters. The summed E-state index contributed by atoms with van der Waals surface area (Å²) in [6, 6.07) is -0.497. The van der Waals surface area contributed by atoms with Crippen molar-refractivity contribution in [3.8, 4) is 0 Å². The standard InChI is InChI=1S/C18H28N4O5S/c1-13-3-2-9-21(11-13)16(23)6-8-19-18(25)15-4-5-17(24)22(20-15)14-7-10-28(26,27)12-14/h13-14H,2-12H2,1H3,(H,19,25). The maximum atomic E-state index is 12.4. The van der Waals surface area contributed by atoms with Crippen LogP contribution in [0.4, 0.5) is 0 Å². The summed E-state index contributed by atoms with van der Waals surface area (Å²) in [4.78, 5) is 38.6. The molecule has 1 N–H and O–H groups in total. The highest BCUT2D eigenvalue weighted by atomic mass is 32.2. The lowest BCUT2D eigenvalue weighted by molar-refractivity contribution is -0.134. The van der Waals surface area contributed by atoms with E-state index in [1.54, 1.807) is 0 Å². The van der Waals surface area contributed by atoms with Gasteiger partial charge in [0.25, 0.3) is 5.91 Å². The molecule has 3 aliphatic heterocycles. The lowest BCUT2D eigenvalue weighted by Gasteiger charge is -2.31. The molecule has 0 aromatic carbocycles. The maximum absolute atomic E-state index is 12.4. The van der Waals surface area contributed by atoms with Crippen molar-refractivity contribution in [2.45, 2.75) is 51.5 Å². The molecule has 156 valence electrons. The van der Waals surface area contributed by atoms with Crippen molar-refractivity contribution in [3.05, 3.63) is 0 Å². The Morgan fingerprint density at radius 2 is 2.04 bits per heavy atom. The zero-order valence-corrected chi connectivity index (χ0v) is 17.0. The number of nitrogens with one attached hydrogen (secondary N) is 1. The van der Waals surface area contributed by atoms with E-state index in [9.17, 15) is 22.8 Å². The van der Waals surface area contributed by atoms with Gasteiger partial charge in [0, 0.05) is 38.9 Å². The van der Waals surface area contributed by atoms with E-state index in [1.165, 1.54) is 5.01 Å². The van der Waals surface area contributed by atoms with Crippen LogP contribution in [0.15, 0.2) is 5.10 Å². The Balaban J connectivity index is 1.51. The Bertz CT molecular complexity index is 779. The molecular formula is C18H28N4O5S. The number of piperidine rings is 1. The van der Waals surface area contributed by atoms with Crippen molar-refractivity contribution in [1.29, 1.82) is 0 Å². The van der Waals surface area contributed by atoms with Gasteiger partial charge in [0.1, 0.15) is 5.71 Å². The Kier molecular flexibility index (Phi) is 6.36. The van der Waals surface area contributed by atoms with Crippen molar-refractivity contribution < 1.29 is 22.8 Å². The van der Waals surface area contributed by atoms with E-state index in [2.05, 4.69) is 17.3 Å². The second-order valence-electron chi connectivity index (χ2n) is 7.93. The smallest absolute Gasteiger partial charge is 0.267 e. The molecule has 0 radical (unpaired) electrons. The zero-order chi connectivity index (χ0) is 20.3. The zero-order valence-electron chi connectivity index (χ0n) is 16.2. The minimum atomic E-state index is -3.15. The Morgan fingerprint density at radius 1 is 1.25 bits per heavy atom. The molecule has 2 unspecified atom stereocenters. The van der Waals surface area contributed by atoms with Gasteiger partial charge in [0.05, 0.1) is 17.5 Å². The quantitative estimate of drug-likeness (QED) is 0.678. The molecule has 0 bridgehead atoms. The monoisotopic (exact) mass is 412 g/mol. The molecule has 0 spiro atoms. The summed E-state index contributed by atoms with van der Waals surface area (Å²) in [7, 11) is -3.15. The predicted octanol–water partition coefficient (Wildman–Crippen LogP) is -0.0833. The maximum Gasteiger partial charge on any atom is 0.267 e. The van der Waals surface area contributed by atoms with Gasteiger partial charge in [-0.25, -0.2) is 13.4 Å². The van der Waals surface area contributed by atoms with Gasteiger partial charge in [-0.2, -0.15) is 5.10 Å². The van der Waals surface area contributed by atoms with Crippen LogP contribution in [-0.4, -0.2) is 78.9 Å². The third-order valence-electron chi connectivity index (χ3n) is 5.51. The molecule has 0 saturated carbocycles. The van der Waals surface area contributed by atoms with Gasteiger partial charge < -0.3 is 10.2 Å². The first kappa shape index (κ1) is 20.8. The summed E-state index contributed by atoms with van der Waals surface area (Å²) in [5.41, 5.74) is 0.211. The van der Waals surface area contributed by atoms with Crippen LogP contribution in [0.2, 0.25) is 0 Å². The average Bonchev–Trinajstić information content (AvgIpc) is 3.01. The van der Waals surface area contributed by atoms with E-state index in [4.69, 9.17) is 0 Å². The fraction of sp³-hybridized carbons (Fsp3) is 0.778. The van der Waals surface area contributed by atoms with Crippen LogP contribution in [0.3, 0.4) is 0 Å². The summed E-state index contributed by atoms with van der Waals surface area (Å²) in [6.07, 6.45) is 3.07. The number of nitrogens with zero attached hydrogens (tertiary/aromatic N) is 3. The van der Waals surface area contributed by atoms with Crippen LogP contribution in [0, 0.1) is 5.92 Å². The SMILES string of the molecule is CC1CCCN(C(=O)CCNC(=O)C2=NN(C3CCS(=O)(=O)C3)C(=O)CC2)C1. The average molecular weight is 413 g/mol. The highest BCUT2D eigenvalue weighted by Gasteiger charge is 2.37. The van der Waals surface area contributed by atoms with Gasteiger partial charge in [-0.3, -0.25) is 14.4 Å². The van der Waals surface area contributed by atoms with Crippen LogP contribution >= 0.6 is 0 Å². The molecule has 0 aromatic rings. The number of sulfone groups is 1. The van der Waals surface area contributed by atoms with Crippen molar-refractivity contribution in [1.82, 2.24) is 15.2 Å². The van der Waals surface area contributed by atoms with Crippen molar-refractivity contribution in [2.24, 2.45) is 11.0 Å². The van der Waals surface area contributed by atoms with Gasteiger partial charge in [-0.05, 0) is 25.2 Å². The lowest BCUT2D eigenvalue weighted by atomic mass is 10.00. The highest BCUT2D eigenvalue weighted by molar-refractivity contribution is 7.91. The largest absolute Gasteiger partial charge is 0.350 e. The van der Waals surface area contributed by atoms with E-state index < -0.39 is 21.8 Å². The number of amides is 3. The molecule has 28 heavy (non-hydrogen) atoms. The van der Waals surface area contributed by atoms with Gasteiger partial charge in [0.2, 0.25) is 11.8 Å². The predicted molar refractivity (Wildman–Crippen MR) is 103 cm³/mol. The van der Waals surface area contributed by atoms with E-state index in [0.717, 1.165) is 25.9 Å². The van der Waals surface area contributed by atoms with E-state index in [0.29, 0.717) is 12.3 Å². The Morgan fingerprint density at radius 3 is 2.71 bits per heavy atom. The fourth-order valence-corrected chi connectivity index (χ4v) is 5.64. The van der Waals surface area contributed by atoms with E-state index >= 15 is 0 Å². The molecule has 3 amide bonds. The second kappa shape index (κ2) is 8.59. The third kappa shape index (κ3) is 5.09. The molecule has 3 aliphatic rings. The van der Waals surface area contributed by atoms with Crippen LogP contribution in [0.25, 0.3) is 0 Å². The summed E-state index contributed by atoms with van der Waals surface area (Å²) in [5, 5.41) is 8.01. The number of rotatable bonds is 5. The summed E-state index contributed by atoms with van der Waals surface area (Å²) >= 11 is 0. The van der Waals surface area contributed by atoms with Crippen molar-refractivity contribution in [3.63, 3.8) is 0 Å². The molecule has 2 saturated heterocycles. The molecule has 0 aliphatic carbocycles. The van der Waals surface area contributed by atoms with Gasteiger partial charge >= 0.3 is 0 Å². The fourth-order valence-electron chi connectivity index (χ4n) is 3.95. The highest BCUT2D eigenvalue weighted by Crippen LogP contribution is 2.22.